The molecule has 0 aromatic heterocycles. The number of rotatable bonds is 5. The van der Waals surface area contributed by atoms with Crippen LogP contribution in [-0.4, -0.2) is 29.0 Å². The molecule has 2 aromatic carbocycles. The maximum Gasteiger partial charge on any atom is 0.336 e. The second-order valence-corrected chi connectivity index (χ2v) is 4.47. The molecular formula is C15H12N2O6. The Bertz CT molecular complexity index is 770. The number of non-ortho nitro benzene ring substituents is 1. The molecule has 0 radical (unpaired) electrons. The maximum atomic E-state index is 12.2. The van der Waals surface area contributed by atoms with Crippen LogP contribution in [0.4, 0.5) is 11.4 Å². The molecule has 2 rings (SSSR count). The van der Waals surface area contributed by atoms with Crippen molar-refractivity contribution in [3.63, 3.8) is 0 Å². The van der Waals surface area contributed by atoms with Gasteiger partial charge in [-0.15, -0.1) is 0 Å². The molecule has 118 valence electrons. The van der Waals surface area contributed by atoms with Crippen LogP contribution < -0.4 is 10.1 Å². The third kappa shape index (κ3) is 3.62. The van der Waals surface area contributed by atoms with E-state index in [0.717, 1.165) is 18.2 Å². The molecule has 23 heavy (non-hydrogen) atoms. The van der Waals surface area contributed by atoms with Gasteiger partial charge in [-0.2, -0.15) is 0 Å². The summed E-state index contributed by atoms with van der Waals surface area (Å²) in [6.07, 6.45) is 0. The number of carboxylic acids is 1. The van der Waals surface area contributed by atoms with Gasteiger partial charge < -0.3 is 15.2 Å². The number of anilines is 1. The number of carboxylic acid groups (broad SMARTS) is 1. The van der Waals surface area contributed by atoms with Crippen LogP contribution in [0.25, 0.3) is 0 Å². The van der Waals surface area contributed by atoms with E-state index in [4.69, 9.17) is 9.84 Å². The average molecular weight is 316 g/mol. The molecular weight excluding hydrogens is 304 g/mol. The van der Waals surface area contributed by atoms with Gasteiger partial charge >= 0.3 is 5.97 Å². The normalized spacial score (nSPS) is 9.96. The Balaban J connectivity index is 2.34. The molecule has 0 aliphatic rings. The fraction of sp³-hybridized carbons (Fsp3) is 0.0667. The van der Waals surface area contributed by atoms with Gasteiger partial charge in [0, 0.05) is 17.8 Å². The van der Waals surface area contributed by atoms with E-state index in [0.29, 0.717) is 11.4 Å². The van der Waals surface area contributed by atoms with Crippen LogP contribution >= 0.6 is 0 Å². The summed E-state index contributed by atoms with van der Waals surface area (Å²) in [4.78, 5) is 33.5. The van der Waals surface area contributed by atoms with Gasteiger partial charge in [0.15, 0.2) is 0 Å². The topological polar surface area (TPSA) is 119 Å². The number of nitro groups is 1. The van der Waals surface area contributed by atoms with E-state index in [9.17, 15) is 19.7 Å². The quantitative estimate of drug-likeness (QED) is 0.646. The molecule has 0 unspecified atom stereocenters. The molecule has 0 heterocycles. The molecule has 8 nitrogen and oxygen atoms in total. The van der Waals surface area contributed by atoms with Crippen molar-refractivity contribution < 1.29 is 24.4 Å². The molecule has 0 bridgehead atoms. The molecule has 2 N–H and O–H groups in total. The number of amides is 1. The molecule has 0 atom stereocenters. The van der Waals surface area contributed by atoms with Crippen molar-refractivity contribution in [3.05, 3.63) is 63.7 Å². The Kier molecular flexibility index (Phi) is 4.55. The van der Waals surface area contributed by atoms with Crippen LogP contribution in [-0.2, 0) is 0 Å². The maximum absolute atomic E-state index is 12.2. The van der Waals surface area contributed by atoms with Crippen molar-refractivity contribution in [2.75, 3.05) is 12.4 Å². The zero-order valence-electron chi connectivity index (χ0n) is 12.0. The lowest BCUT2D eigenvalue weighted by atomic mass is 10.1. The van der Waals surface area contributed by atoms with Crippen molar-refractivity contribution >= 4 is 23.3 Å². The predicted molar refractivity (Wildman–Crippen MR) is 81.0 cm³/mol. The van der Waals surface area contributed by atoms with E-state index in [2.05, 4.69) is 5.32 Å². The fourth-order valence-corrected chi connectivity index (χ4v) is 1.89. The molecule has 0 fully saturated rings. The van der Waals surface area contributed by atoms with E-state index in [1.165, 1.54) is 7.11 Å². The average Bonchev–Trinajstić information content (AvgIpc) is 2.54. The molecule has 0 saturated carbocycles. The van der Waals surface area contributed by atoms with Crippen LogP contribution in [0.15, 0.2) is 42.5 Å². The zero-order chi connectivity index (χ0) is 17.0. The highest BCUT2D eigenvalue weighted by Gasteiger charge is 2.20. The largest absolute Gasteiger partial charge is 0.497 e. The van der Waals surface area contributed by atoms with Gasteiger partial charge in [-0.25, -0.2) is 4.79 Å². The summed E-state index contributed by atoms with van der Waals surface area (Å²) in [5.74, 6) is -1.51. The van der Waals surface area contributed by atoms with E-state index >= 15 is 0 Å². The number of nitrogens with zero attached hydrogens (tertiary/aromatic N) is 1. The van der Waals surface area contributed by atoms with Crippen LogP contribution in [0.3, 0.4) is 0 Å². The lowest BCUT2D eigenvalue weighted by Gasteiger charge is -2.08. The summed E-state index contributed by atoms with van der Waals surface area (Å²) in [5, 5.41) is 22.4. The Morgan fingerprint density at radius 1 is 1.13 bits per heavy atom. The fourth-order valence-electron chi connectivity index (χ4n) is 1.89. The summed E-state index contributed by atoms with van der Waals surface area (Å²) in [6.45, 7) is 0. The van der Waals surface area contributed by atoms with E-state index in [-0.39, 0.29) is 16.8 Å². The van der Waals surface area contributed by atoms with Crippen LogP contribution in [0.1, 0.15) is 20.7 Å². The Morgan fingerprint density at radius 2 is 1.78 bits per heavy atom. The third-order valence-corrected chi connectivity index (χ3v) is 3.04. The van der Waals surface area contributed by atoms with Crippen molar-refractivity contribution in [1.29, 1.82) is 0 Å². The Hall–Kier alpha value is -3.42. The SMILES string of the molecule is COc1ccc(NC(=O)c2cc([N+](=O)[O-])ccc2C(=O)O)cc1. The van der Waals surface area contributed by atoms with E-state index in [1.807, 2.05) is 0 Å². The summed E-state index contributed by atoms with van der Waals surface area (Å²) in [7, 11) is 1.50. The lowest BCUT2D eigenvalue weighted by molar-refractivity contribution is -0.384. The number of carbonyl (C=O) groups is 2. The molecule has 0 aliphatic carbocycles. The van der Waals surface area contributed by atoms with Crippen molar-refractivity contribution in [3.8, 4) is 5.75 Å². The lowest BCUT2D eigenvalue weighted by Crippen LogP contribution is -2.16. The number of hydrogen-bond donors (Lipinski definition) is 2. The van der Waals surface area contributed by atoms with Crippen LogP contribution in [0.2, 0.25) is 0 Å². The molecule has 0 spiro atoms. The van der Waals surface area contributed by atoms with Crippen LogP contribution in [0.5, 0.6) is 5.75 Å². The second-order valence-electron chi connectivity index (χ2n) is 4.47. The second kappa shape index (κ2) is 6.56. The van der Waals surface area contributed by atoms with Gasteiger partial charge in [-0.1, -0.05) is 0 Å². The van der Waals surface area contributed by atoms with Gasteiger partial charge in [-0.05, 0) is 30.3 Å². The first-order valence-electron chi connectivity index (χ1n) is 6.39. The summed E-state index contributed by atoms with van der Waals surface area (Å²) in [6, 6.07) is 9.35. The molecule has 8 heteroatoms. The Morgan fingerprint density at radius 3 is 2.30 bits per heavy atom. The molecule has 2 aromatic rings. The monoisotopic (exact) mass is 316 g/mol. The number of benzene rings is 2. The highest BCUT2D eigenvalue weighted by atomic mass is 16.6. The number of methoxy groups -OCH3 is 1. The zero-order valence-corrected chi connectivity index (χ0v) is 12.0. The number of nitro benzene ring substituents is 1. The van der Waals surface area contributed by atoms with Gasteiger partial charge in [-0.3, -0.25) is 14.9 Å². The van der Waals surface area contributed by atoms with Crippen molar-refractivity contribution in [1.82, 2.24) is 0 Å². The standard InChI is InChI=1S/C15H12N2O6/c1-23-11-5-2-9(3-6-11)16-14(18)13-8-10(17(21)22)4-7-12(13)15(19)20/h2-8H,1H3,(H,16,18)(H,19,20). The summed E-state index contributed by atoms with van der Waals surface area (Å²) >= 11 is 0. The summed E-state index contributed by atoms with van der Waals surface area (Å²) in [5.41, 5.74) is -0.572. The van der Waals surface area contributed by atoms with E-state index in [1.54, 1.807) is 24.3 Å². The highest BCUT2D eigenvalue weighted by Crippen LogP contribution is 2.21. The van der Waals surface area contributed by atoms with Gasteiger partial charge in [0.1, 0.15) is 5.75 Å². The first kappa shape index (κ1) is 16.0. The smallest absolute Gasteiger partial charge is 0.336 e. The number of carbonyl (C=O) groups excluding carboxylic acids is 1. The van der Waals surface area contributed by atoms with E-state index < -0.39 is 16.8 Å². The predicted octanol–water partition coefficient (Wildman–Crippen LogP) is 2.55. The van der Waals surface area contributed by atoms with Crippen molar-refractivity contribution in [2.24, 2.45) is 0 Å². The first-order valence-corrected chi connectivity index (χ1v) is 6.39. The number of aromatic carboxylic acids is 1. The van der Waals surface area contributed by atoms with Crippen LogP contribution in [0, 0.1) is 10.1 Å². The number of nitrogens with one attached hydrogen (secondary N) is 1. The van der Waals surface area contributed by atoms with Gasteiger partial charge in [0.05, 0.1) is 23.2 Å². The highest BCUT2D eigenvalue weighted by molar-refractivity contribution is 6.11. The Labute approximate surface area is 130 Å². The first-order chi connectivity index (χ1) is 10.9. The minimum Gasteiger partial charge on any atom is -0.497 e. The summed E-state index contributed by atoms with van der Waals surface area (Å²) < 4.78 is 4.99. The molecule has 0 saturated heterocycles. The van der Waals surface area contributed by atoms with Crippen molar-refractivity contribution in [2.45, 2.75) is 0 Å². The molecule has 0 aliphatic heterocycles. The molecule has 1 amide bonds. The minimum absolute atomic E-state index is 0.289. The van der Waals surface area contributed by atoms with Gasteiger partial charge in [0.2, 0.25) is 0 Å². The number of ether oxygens (including phenoxy) is 1. The minimum atomic E-state index is -1.35. The number of hydrogen-bond acceptors (Lipinski definition) is 5. The van der Waals surface area contributed by atoms with Gasteiger partial charge in [0.25, 0.3) is 11.6 Å². The third-order valence-electron chi connectivity index (χ3n) is 3.04.